The van der Waals surface area contributed by atoms with Crippen molar-refractivity contribution in [1.29, 1.82) is 0 Å². The molecule has 1 N–H and O–H groups in total. The first-order chi connectivity index (χ1) is 7.16. The standard InChI is InChI=1S/C12H15NO2/c1-8-3-4-9(2)10(5-8)11-6-13-12(14)7-15-11/h3-5,11H,6-7H2,1-2H3,(H,13,14)/t11-/m1/s1. The van der Waals surface area contributed by atoms with Crippen LogP contribution >= 0.6 is 0 Å². The highest BCUT2D eigenvalue weighted by Crippen LogP contribution is 2.23. The van der Waals surface area contributed by atoms with Crippen LogP contribution in [0.15, 0.2) is 18.2 Å². The third-order valence-electron chi connectivity index (χ3n) is 2.68. The summed E-state index contributed by atoms with van der Waals surface area (Å²) < 4.78 is 5.50. The first kappa shape index (κ1) is 10.2. The minimum atomic E-state index is -0.0310. The van der Waals surface area contributed by atoms with Crippen LogP contribution in [0.25, 0.3) is 0 Å². The van der Waals surface area contributed by atoms with E-state index in [2.05, 4.69) is 37.4 Å². The maximum Gasteiger partial charge on any atom is 0.246 e. The van der Waals surface area contributed by atoms with Gasteiger partial charge in [0.05, 0.1) is 0 Å². The van der Waals surface area contributed by atoms with E-state index in [4.69, 9.17) is 4.74 Å². The van der Waals surface area contributed by atoms with Crippen molar-refractivity contribution in [1.82, 2.24) is 5.32 Å². The normalized spacial score (nSPS) is 21.2. The Kier molecular flexibility index (Phi) is 2.73. The molecular weight excluding hydrogens is 190 g/mol. The Hall–Kier alpha value is -1.35. The van der Waals surface area contributed by atoms with Crippen molar-refractivity contribution >= 4 is 5.91 Å². The Labute approximate surface area is 89.4 Å². The Morgan fingerprint density at radius 1 is 1.40 bits per heavy atom. The van der Waals surface area contributed by atoms with Crippen LogP contribution in [0, 0.1) is 13.8 Å². The molecule has 0 aromatic heterocycles. The maximum atomic E-state index is 11.0. The van der Waals surface area contributed by atoms with Gasteiger partial charge in [0.1, 0.15) is 12.7 Å². The molecule has 1 amide bonds. The lowest BCUT2D eigenvalue weighted by Gasteiger charge is -2.25. The third kappa shape index (κ3) is 2.18. The Balaban J connectivity index is 2.21. The van der Waals surface area contributed by atoms with E-state index >= 15 is 0 Å². The lowest BCUT2D eigenvalue weighted by atomic mass is 10.00. The molecule has 1 aliphatic rings. The minimum absolute atomic E-state index is 0.00241. The predicted molar refractivity (Wildman–Crippen MR) is 57.6 cm³/mol. The highest BCUT2D eigenvalue weighted by Gasteiger charge is 2.21. The molecule has 0 radical (unpaired) electrons. The second kappa shape index (κ2) is 4.03. The van der Waals surface area contributed by atoms with Gasteiger partial charge in [0.25, 0.3) is 0 Å². The van der Waals surface area contributed by atoms with Gasteiger partial charge in [-0.25, -0.2) is 0 Å². The summed E-state index contributed by atoms with van der Waals surface area (Å²) in [4.78, 5) is 11.0. The summed E-state index contributed by atoms with van der Waals surface area (Å²) in [6, 6.07) is 6.29. The molecule has 1 heterocycles. The molecule has 2 rings (SSSR count). The molecule has 3 nitrogen and oxygen atoms in total. The van der Waals surface area contributed by atoms with Crippen LogP contribution < -0.4 is 5.32 Å². The van der Waals surface area contributed by atoms with Crippen LogP contribution in [0.3, 0.4) is 0 Å². The van der Waals surface area contributed by atoms with Crippen molar-refractivity contribution in [3.05, 3.63) is 34.9 Å². The number of rotatable bonds is 1. The number of hydrogen-bond acceptors (Lipinski definition) is 2. The van der Waals surface area contributed by atoms with Crippen molar-refractivity contribution in [3.8, 4) is 0 Å². The second-order valence-corrected chi connectivity index (χ2v) is 3.96. The number of aryl methyl sites for hydroxylation is 2. The monoisotopic (exact) mass is 205 g/mol. The molecule has 0 saturated carbocycles. The SMILES string of the molecule is Cc1ccc(C)c([C@H]2CNC(=O)CO2)c1. The summed E-state index contributed by atoms with van der Waals surface area (Å²) in [5, 5.41) is 2.81. The van der Waals surface area contributed by atoms with Crippen molar-refractivity contribution in [2.45, 2.75) is 20.0 Å². The van der Waals surface area contributed by atoms with E-state index in [9.17, 15) is 4.79 Å². The molecule has 80 valence electrons. The summed E-state index contributed by atoms with van der Waals surface area (Å²) in [7, 11) is 0. The molecule has 0 spiro atoms. The van der Waals surface area contributed by atoms with Crippen molar-refractivity contribution in [2.75, 3.05) is 13.2 Å². The lowest BCUT2D eigenvalue weighted by Crippen LogP contribution is -2.38. The largest absolute Gasteiger partial charge is 0.362 e. The van der Waals surface area contributed by atoms with E-state index in [0.717, 1.165) is 0 Å². The summed E-state index contributed by atoms with van der Waals surface area (Å²) in [5.41, 5.74) is 3.60. The van der Waals surface area contributed by atoms with Gasteiger partial charge in [-0.1, -0.05) is 23.8 Å². The number of amides is 1. The number of nitrogens with one attached hydrogen (secondary N) is 1. The zero-order valence-electron chi connectivity index (χ0n) is 9.04. The average molecular weight is 205 g/mol. The lowest BCUT2D eigenvalue weighted by molar-refractivity contribution is -0.133. The van der Waals surface area contributed by atoms with Crippen molar-refractivity contribution in [2.24, 2.45) is 0 Å². The number of carbonyl (C=O) groups excluding carboxylic acids is 1. The highest BCUT2D eigenvalue weighted by molar-refractivity contribution is 5.77. The van der Waals surface area contributed by atoms with Gasteiger partial charge < -0.3 is 10.1 Å². The van der Waals surface area contributed by atoms with Crippen LogP contribution in [0.1, 0.15) is 22.8 Å². The molecule has 15 heavy (non-hydrogen) atoms. The molecule has 3 heteroatoms. The summed E-state index contributed by atoms with van der Waals surface area (Å²) in [6.45, 7) is 4.86. The molecule has 1 saturated heterocycles. The van der Waals surface area contributed by atoms with Gasteiger partial charge in [0.2, 0.25) is 5.91 Å². The molecule has 1 aliphatic heterocycles. The topological polar surface area (TPSA) is 38.3 Å². The van der Waals surface area contributed by atoms with Crippen LogP contribution in [-0.2, 0) is 9.53 Å². The third-order valence-corrected chi connectivity index (χ3v) is 2.68. The van der Waals surface area contributed by atoms with Crippen LogP contribution in [0.4, 0.5) is 0 Å². The van der Waals surface area contributed by atoms with E-state index in [0.29, 0.717) is 6.54 Å². The predicted octanol–water partition coefficient (Wildman–Crippen LogP) is 1.49. The molecule has 0 aliphatic carbocycles. The highest BCUT2D eigenvalue weighted by atomic mass is 16.5. The molecule has 1 aromatic rings. The van der Waals surface area contributed by atoms with E-state index in [1.165, 1.54) is 16.7 Å². The van der Waals surface area contributed by atoms with Crippen LogP contribution in [0.5, 0.6) is 0 Å². The number of ether oxygens (including phenoxy) is 1. The summed E-state index contributed by atoms with van der Waals surface area (Å²) in [6.07, 6.45) is 0.00241. The molecule has 1 aromatic carbocycles. The van der Waals surface area contributed by atoms with Crippen molar-refractivity contribution in [3.63, 3.8) is 0 Å². The average Bonchev–Trinajstić information content (AvgIpc) is 2.23. The van der Waals surface area contributed by atoms with Gasteiger partial charge in [0.15, 0.2) is 0 Å². The quantitative estimate of drug-likeness (QED) is 0.754. The molecular formula is C12H15NO2. The summed E-state index contributed by atoms with van der Waals surface area (Å²) >= 11 is 0. The first-order valence-corrected chi connectivity index (χ1v) is 5.12. The first-order valence-electron chi connectivity index (χ1n) is 5.12. The number of morpholine rings is 1. The Morgan fingerprint density at radius 2 is 2.20 bits per heavy atom. The zero-order chi connectivity index (χ0) is 10.8. The second-order valence-electron chi connectivity index (χ2n) is 3.96. The van der Waals surface area contributed by atoms with Gasteiger partial charge in [-0.2, -0.15) is 0 Å². The molecule has 1 atom stereocenters. The number of carbonyl (C=O) groups is 1. The Morgan fingerprint density at radius 3 is 2.87 bits per heavy atom. The zero-order valence-corrected chi connectivity index (χ0v) is 9.04. The smallest absolute Gasteiger partial charge is 0.246 e. The molecule has 1 fully saturated rings. The maximum absolute atomic E-state index is 11.0. The van der Waals surface area contributed by atoms with Gasteiger partial charge in [-0.15, -0.1) is 0 Å². The van der Waals surface area contributed by atoms with Crippen molar-refractivity contribution < 1.29 is 9.53 Å². The van der Waals surface area contributed by atoms with E-state index in [1.807, 2.05) is 0 Å². The van der Waals surface area contributed by atoms with Crippen LogP contribution in [0.2, 0.25) is 0 Å². The number of benzene rings is 1. The summed E-state index contributed by atoms with van der Waals surface area (Å²) in [5.74, 6) is -0.0310. The fourth-order valence-corrected chi connectivity index (χ4v) is 1.80. The van der Waals surface area contributed by atoms with Gasteiger partial charge >= 0.3 is 0 Å². The van der Waals surface area contributed by atoms with Gasteiger partial charge in [-0.05, 0) is 25.0 Å². The van der Waals surface area contributed by atoms with Gasteiger partial charge in [-0.3, -0.25) is 4.79 Å². The molecule has 0 unspecified atom stereocenters. The minimum Gasteiger partial charge on any atom is -0.362 e. The number of hydrogen-bond donors (Lipinski definition) is 1. The van der Waals surface area contributed by atoms with E-state index in [-0.39, 0.29) is 18.6 Å². The molecule has 0 bridgehead atoms. The van der Waals surface area contributed by atoms with E-state index in [1.54, 1.807) is 0 Å². The fraction of sp³-hybridized carbons (Fsp3) is 0.417. The van der Waals surface area contributed by atoms with Crippen LogP contribution in [-0.4, -0.2) is 19.1 Å². The van der Waals surface area contributed by atoms with E-state index < -0.39 is 0 Å². The van der Waals surface area contributed by atoms with Gasteiger partial charge in [0, 0.05) is 6.54 Å². The fourth-order valence-electron chi connectivity index (χ4n) is 1.80. The Bertz CT molecular complexity index is 377.